The maximum absolute atomic E-state index is 9.85. The van der Waals surface area contributed by atoms with Crippen molar-refractivity contribution in [3.63, 3.8) is 0 Å². The maximum Gasteiger partial charge on any atom is 0.159 e. The molecule has 1 saturated carbocycles. The number of aromatic hydroxyl groups is 1. The number of benzene rings is 2. The molecular formula is C28H31N5O2. The van der Waals surface area contributed by atoms with Crippen molar-refractivity contribution in [3.8, 4) is 28.4 Å². The van der Waals surface area contributed by atoms with E-state index in [1.807, 2.05) is 18.3 Å². The molecule has 1 fully saturated rings. The number of aromatic amines is 2. The lowest BCUT2D eigenvalue weighted by Gasteiger charge is -2.33. The SMILES string of the molecule is CCc1cc(O)ccc1-c1ccc2c(-c3nc(C4=CCN([C@H]5CC[C@H](O)CC5)C4)c[nH]3)n[nH]c2c1. The molecule has 35 heavy (non-hydrogen) atoms. The third-order valence-corrected chi connectivity index (χ3v) is 7.60. The zero-order chi connectivity index (χ0) is 23.9. The molecule has 3 heterocycles. The van der Waals surface area contributed by atoms with Gasteiger partial charge in [-0.05, 0) is 78.6 Å². The lowest BCUT2D eigenvalue weighted by molar-refractivity contribution is 0.0860. The first-order valence-electron chi connectivity index (χ1n) is 12.6. The van der Waals surface area contributed by atoms with E-state index < -0.39 is 0 Å². The fourth-order valence-electron chi connectivity index (χ4n) is 5.59. The Morgan fingerprint density at radius 3 is 2.77 bits per heavy atom. The van der Waals surface area contributed by atoms with Gasteiger partial charge in [-0.25, -0.2) is 4.98 Å². The maximum atomic E-state index is 9.85. The molecule has 0 unspecified atom stereocenters. The summed E-state index contributed by atoms with van der Waals surface area (Å²) in [5.41, 5.74) is 7.32. The lowest BCUT2D eigenvalue weighted by atomic mass is 9.92. The summed E-state index contributed by atoms with van der Waals surface area (Å²) >= 11 is 0. The van der Waals surface area contributed by atoms with Crippen LogP contribution < -0.4 is 0 Å². The van der Waals surface area contributed by atoms with Gasteiger partial charge in [0.2, 0.25) is 0 Å². The van der Waals surface area contributed by atoms with Gasteiger partial charge in [-0.1, -0.05) is 25.1 Å². The molecule has 1 aliphatic carbocycles. The Morgan fingerprint density at radius 2 is 1.94 bits per heavy atom. The number of aryl methyl sites for hydroxylation is 1. The van der Waals surface area contributed by atoms with Crippen LogP contribution in [-0.2, 0) is 6.42 Å². The zero-order valence-corrected chi connectivity index (χ0v) is 20.0. The minimum atomic E-state index is -0.121. The smallest absolute Gasteiger partial charge is 0.159 e. The number of phenols is 1. The number of hydrogen-bond donors (Lipinski definition) is 4. The number of nitrogens with zero attached hydrogens (tertiary/aromatic N) is 3. The Bertz CT molecular complexity index is 1390. The Balaban J connectivity index is 1.22. The standard InChI is InChI=1S/C28H31N5O2/c1-2-17-13-22(35)8-10-23(17)18-3-9-24-25(14-18)31-32-27(24)28-29-15-26(30-28)19-11-12-33(16-19)20-4-6-21(34)7-5-20/h3,8-11,13-15,20-21,34-35H,2,4-7,12,16H2,1H3,(H,29,30)(H,31,32)/t20-,21-. The van der Waals surface area contributed by atoms with Crippen molar-refractivity contribution in [1.29, 1.82) is 0 Å². The number of fused-ring (bicyclic) bond motifs is 1. The third-order valence-electron chi connectivity index (χ3n) is 7.60. The summed E-state index contributed by atoms with van der Waals surface area (Å²) in [6, 6.07) is 12.4. The molecule has 7 nitrogen and oxygen atoms in total. The van der Waals surface area contributed by atoms with Gasteiger partial charge in [0.15, 0.2) is 5.82 Å². The third kappa shape index (κ3) is 4.15. The fourth-order valence-corrected chi connectivity index (χ4v) is 5.59. The minimum absolute atomic E-state index is 0.121. The second-order valence-corrected chi connectivity index (χ2v) is 9.78. The van der Waals surface area contributed by atoms with E-state index in [0.29, 0.717) is 11.8 Å². The molecule has 0 saturated heterocycles. The molecule has 0 amide bonds. The molecule has 0 spiro atoms. The summed E-state index contributed by atoms with van der Waals surface area (Å²) in [6.45, 7) is 3.95. The molecular weight excluding hydrogens is 438 g/mol. The second-order valence-electron chi connectivity index (χ2n) is 9.78. The first-order chi connectivity index (χ1) is 17.1. The van der Waals surface area contributed by atoms with E-state index in [4.69, 9.17) is 4.98 Å². The number of imidazole rings is 1. The number of aliphatic hydroxyl groups excluding tert-OH is 1. The summed E-state index contributed by atoms with van der Waals surface area (Å²) in [7, 11) is 0. The van der Waals surface area contributed by atoms with Gasteiger partial charge in [0.1, 0.15) is 11.4 Å². The van der Waals surface area contributed by atoms with E-state index in [9.17, 15) is 10.2 Å². The summed E-state index contributed by atoms with van der Waals surface area (Å²) in [5, 5.41) is 28.4. The average Bonchev–Trinajstić information content (AvgIpc) is 3.63. The molecule has 180 valence electrons. The molecule has 4 aromatic rings. The van der Waals surface area contributed by atoms with Crippen LogP contribution in [0.15, 0.2) is 48.7 Å². The number of aromatic nitrogens is 4. The second kappa shape index (κ2) is 8.98. The molecule has 6 rings (SSSR count). The largest absolute Gasteiger partial charge is 0.508 e. The fraction of sp³-hybridized carbons (Fsp3) is 0.357. The number of hydrogen-bond acceptors (Lipinski definition) is 5. The lowest BCUT2D eigenvalue weighted by Crippen LogP contribution is -2.37. The van der Waals surface area contributed by atoms with Crippen LogP contribution in [0.4, 0.5) is 0 Å². The first kappa shape index (κ1) is 22.1. The molecule has 2 aliphatic rings. The molecule has 4 N–H and O–H groups in total. The monoisotopic (exact) mass is 469 g/mol. The van der Waals surface area contributed by atoms with Crippen molar-refractivity contribution >= 4 is 16.5 Å². The number of H-pyrrole nitrogens is 2. The van der Waals surface area contributed by atoms with Crippen molar-refractivity contribution < 1.29 is 10.2 Å². The van der Waals surface area contributed by atoms with Crippen LogP contribution in [0.2, 0.25) is 0 Å². The highest BCUT2D eigenvalue weighted by Crippen LogP contribution is 2.33. The topological polar surface area (TPSA) is 101 Å². The van der Waals surface area contributed by atoms with Crippen LogP contribution in [0.5, 0.6) is 5.75 Å². The van der Waals surface area contributed by atoms with Crippen molar-refractivity contribution in [2.75, 3.05) is 13.1 Å². The van der Waals surface area contributed by atoms with Gasteiger partial charge in [-0.2, -0.15) is 5.10 Å². The zero-order valence-electron chi connectivity index (χ0n) is 20.0. The highest BCUT2D eigenvalue weighted by Gasteiger charge is 2.28. The number of phenolic OH excluding ortho intramolecular Hbond substituents is 1. The summed E-state index contributed by atoms with van der Waals surface area (Å²) < 4.78 is 0. The number of aliphatic hydroxyl groups is 1. The van der Waals surface area contributed by atoms with Crippen LogP contribution in [0.3, 0.4) is 0 Å². The Morgan fingerprint density at radius 1 is 1.09 bits per heavy atom. The van der Waals surface area contributed by atoms with Crippen molar-refractivity contribution in [1.82, 2.24) is 25.1 Å². The first-order valence-corrected chi connectivity index (χ1v) is 12.6. The molecule has 0 atom stereocenters. The van der Waals surface area contributed by atoms with E-state index in [1.54, 1.807) is 6.07 Å². The molecule has 2 aromatic carbocycles. The number of nitrogens with one attached hydrogen (secondary N) is 2. The van der Waals surface area contributed by atoms with Crippen LogP contribution in [0, 0.1) is 0 Å². The average molecular weight is 470 g/mol. The highest BCUT2D eigenvalue weighted by atomic mass is 16.3. The molecule has 1 aliphatic heterocycles. The minimum Gasteiger partial charge on any atom is -0.508 e. The van der Waals surface area contributed by atoms with Crippen LogP contribution in [-0.4, -0.2) is 60.5 Å². The predicted octanol–water partition coefficient (Wildman–Crippen LogP) is 4.89. The van der Waals surface area contributed by atoms with Gasteiger partial charge in [0.05, 0.1) is 17.3 Å². The Labute approximate surface area is 204 Å². The van der Waals surface area contributed by atoms with E-state index in [-0.39, 0.29) is 6.10 Å². The highest BCUT2D eigenvalue weighted by molar-refractivity contribution is 5.94. The van der Waals surface area contributed by atoms with Crippen LogP contribution in [0.1, 0.15) is 43.9 Å². The molecule has 7 heteroatoms. The molecule has 0 radical (unpaired) electrons. The van der Waals surface area contributed by atoms with Crippen molar-refractivity contribution in [2.45, 2.75) is 51.2 Å². The van der Waals surface area contributed by atoms with Crippen molar-refractivity contribution in [2.24, 2.45) is 0 Å². The molecule has 2 aromatic heterocycles. The van der Waals surface area contributed by atoms with Gasteiger partial charge in [-0.3, -0.25) is 10.00 Å². The van der Waals surface area contributed by atoms with E-state index in [1.165, 1.54) is 5.57 Å². The van der Waals surface area contributed by atoms with Crippen LogP contribution >= 0.6 is 0 Å². The quantitative estimate of drug-likeness (QED) is 0.333. The van der Waals surface area contributed by atoms with Crippen molar-refractivity contribution in [3.05, 3.63) is 59.9 Å². The Kier molecular flexibility index (Phi) is 5.66. The van der Waals surface area contributed by atoms with Gasteiger partial charge >= 0.3 is 0 Å². The van der Waals surface area contributed by atoms with E-state index >= 15 is 0 Å². The van der Waals surface area contributed by atoms with Gasteiger partial charge in [0.25, 0.3) is 0 Å². The Hall–Kier alpha value is -3.42. The molecule has 0 bridgehead atoms. The van der Waals surface area contributed by atoms with Gasteiger partial charge in [-0.15, -0.1) is 0 Å². The summed E-state index contributed by atoms with van der Waals surface area (Å²) in [4.78, 5) is 10.7. The normalized spacial score (nSPS) is 21.0. The van der Waals surface area contributed by atoms with Gasteiger partial charge in [0, 0.05) is 30.7 Å². The number of rotatable bonds is 5. The van der Waals surface area contributed by atoms with Crippen LogP contribution in [0.25, 0.3) is 39.1 Å². The summed E-state index contributed by atoms with van der Waals surface area (Å²) in [5.74, 6) is 1.06. The van der Waals surface area contributed by atoms with Gasteiger partial charge < -0.3 is 15.2 Å². The predicted molar refractivity (Wildman–Crippen MR) is 138 cm³/mol. The van der Waals surface area contributed by atoms with E-state index in [2.05, 4.69) is 51.3 Å². The van der Waals surface area contributed by atoms with E-state index in [0.717, 1.165) is 90.0 Å². The summed E-state index contributed by atoms with van der Waals surface area (Å²) in [6.07, 6.45) is 8.94.